The molecule has 156 valence electrons. The summed E-state index contributed by atoms with van der Waals surface area (Å²) in [6.45, 7) is 3.08. The van der Waals surface area contributed by atoms with E-state index in [1.54, 1.807) is 13.8 Å². The van der Waals surface area contributed by atoms with Crippen molar-refractivity contribution in [3.05, 3.63) is 29.3 Å². The molecule has 0 saturated carbocycles. The van der Waals surface area contributed by atoms with Crippen LogP contribution in [0.2, 0.25) is 0 Å². The molecular formula is C17H22ClF3N4O3. The predicted octanol–water partition coefficient (Wildman–Crippen LogP) is 2.64. The maximum absolute atomic E-state index is 12.9. The maximum Gasteiger partial charge on any atom is 0.416 e. The first kappa shape index (κ1) is 23.7. The number of alkyl halides is 3. The van der Waals surface area contributed by atoms with Crippen LogP contribution >= 0.6 is 12.4 Å². The number of hydrogen-bond acceptors (Lipinski definition) is 4. The van der Waals surface area contributed by atoms with Gasteiger partial charge in [-0.05, 0) is 44.0 Å². The van der Waals surface area contributed by atoms with E-state index in [9.17, 15) is 27.6 Å². The summed E-state index contributed by atoms with van der Waals surface area (Å²) in [5.41, 5.74) is 3.74. The van der Waals surface area contributed by atoms with Crippen molar-refractivity contribution in [2.75, 3.05) is 11.9 Å². The number of carbonyl (C=O) groups excluding carboxylic acids is 3. The number of urea groups is 1. The third-order valence-corrected chi connectivity index (χ3v) is 4.07. The Labute approximate surface area is 166 Å². The number of anilines is 1. The van der Waals surface area contributed by atoms with Crippen LogP contribution in [0, 0.1) is 0 Å². The molecule has 0 bridgehead atoms. The number of carbonyl (C=O) groups is 3. The van der Waals surface area contributed by atoms with Crippen LogP contribution in [0.4, 0.5) is 23.7 Å². The standard InChI is InChI=1S/C17H21F3N4O3.ClH/c1-16(2)14(26)24(15(27)23-16)5-3-4-13(25)22-12-7-10(9-21)6-11(8-12)17(18,19)20;/h6-8H,3-5,9,21H2,1-2H3,(H,22,25)(H,23,27);1H. The lowest BCUT2D eigenvalue weighted by Crippen LogP contribution is -2.40. The first-order valence-corrected chi connectivity index (χ1v) is 8.29. The van der Waals surface area contributed by atoms with Crippen molar-refractivity contribution in [1.29, 1.82) is 0 Å². The lowest BCUT2D eigenvalue weighted by Gasteiger charge is -2.16. The smallest absolute Gasteiger partial charge is 0.326 e. The zero-order valence-corrected chi connectivity index (χ0v) is 16.2. The lowest BCUT2D eigenvalue weighted by molar-refractivity contribution is -0.137. The van der Waals surface area contributed by atoms with Crippen molar-refractivity contribution in [3.63, 3.8) is 0 Å². The zero-order valence-electron chi connectivity index (χ0n) is 15.4. The second-order valence-electron chi connectivity index (χ2n) is 6.78. The highest BCUT2D eigenvalue weighted by Gasteiger charge is 2.43. The van der Waals surface area contributed by atoms with Crippen LogP contribution in [0.15, 0.2) is 18.2 Å². The highest BCUT2D eigenvalue weighted by atomic mass is 35.5. The first-order chi connectivity index (χ1) is 12.4. The van der Waals surface area contributed by atoms with Gasteiger partial charge in [-0.3, -0.25) is 14.5 Å². The number of nitrogens with two attached hydrogens (primary N) is 1. The molecule has 1 heterocycles. The molecule has 4 N–H and O–H groups in total. The third kappa shape index (κ3) is 5.59. The number of benzene rings is 1. The second kappa shape index (κ2) is 8.78. The molecule has 0 spiro atoms. The van der Waals surface area contributed by atoms with Gasteiger partial charge in [0.25, 0.3) is 5.91 Å². The monoisotopic (exact) mass is 422 g/mol. The molecule has 1 saturated heterocycles. The lowest BCUT2D eigenvalue weighted by atomic mass is 10.1. The summed E-state index contributed by atoms with van der Waals surface area (Å²) < 4.78 is 38.7. The molecule has 7 nitrogen and oxygen atoms in total. The van der Waals surface area contributed by atoms with Crippen LogP contribution in [-0.4, -0.2) is 34.8 Å². The number of nitrogens with one attached hydrogen (secondary N) is 2. The van der Waals surface area contributed by atoms with E-state index in [-0.39, 0.29) is 49.6 Å². The molecule has 11 heteroatoms. The van der Waals surface area contributed by atoms with Gasteiger partial charge in [0, 0.05) is 25.2 Å². The van der Waals surface area contributed by atoms with Crippen LogP contribution in [0.5, 0.6) is 0 Å². The summed E-state index contributed by atoms with van der Waals surface area (Å²) in [5.74, 6) is -0.915. The van der Waals surface area contributed by atoms with Crippen LogP contribution < -0.4 is 16.4 Å². The molecule has 1 aliphatic heterocycles. The third-order valence-electron chi connectivity index (χ3n) is 4.07. The second-order valence-corrected chi connectivity index (χ2v) is 6.78. The minimum Gasteiger partial charge on any atom is -0.326 e. The van der Waals surface area contributed by atoms with E-state index in [0.717, 1.165) is 17.0 Å². The molecule has 0 atom stereocenters. The number of imide groups is 1. The maximum atomic E-state index is 12.9. The van der Waals surface area contributed by atoms with Gasteiger partial charge in [-0.25, -0.2) is 4.79 Å². The summed E-state index contributed by atoms with van der Waals surface area (Å²) in [6, 6.07) is 2.59. The van der Waals surface area contributed by atoms with E-state index in [1.807, 2.05) is 0 Å². The average Bonchev–Trinajstić information content (AvgIpc) is 2.75. The topological polar surface area (TPSA) is 105 Å². The van der Waals surface area contributed by atoms with Gasteiger partial charge in [-0.1, -0.05) is 0 Å². The Morgan fingerprint density at radius 1 is 1.25 bits per heavy atom. The molecule has 1 fully saturated rings. The number of halogens is 4. The van der Waals surface area contributed by atoms with E-state index >= 15 is 0 Å². The number of rotatable bonds is 6. The van der Waals surface area contributed by atoms with E-state index < -0.39 is 35.1 Å². The van der Waals surface area contributed by atoms with Gasteiger partial charge in [-0.2, -0.15) is 13.2 Å². The minimum atomic E-state index is -4.55. The Balaban J connectivity index is 0.00000392. The molecule has 1 aromatic rings. The van der Waals surface area contributed by atoms with Crippen LogP contribution in [0.1, 0.15) is 37.8 Å². The Morgan fingerprint density at radius 2 is 1.89 bits per heavy atom. The van der Waals surface area contributed by atoms with Crippen LogP contribution in [-0.2, 0) is 22.3 Å². The van der Waals surface area contributed by atoms with Crippen molar-refractivity contribution in [3.8, 4) is 0 Å². The summed E-state index contributed by atoms with van der Waals surface area (Å²) in [4.78, 5) is 36.8. The Hall–Kier alpha value is -2.33. The summed E-state index contributed by atoms with van der Waals surface area (Å²) in [7, 11) is 0. The Morgan fingerprint density at radius 3 is 2.39 bits per heavy atom. The quantitative estimate of drug-likeness (QED) is 0.613. The number of amides is 4. The fraction of sp³-hybridized carbons (Fsp3) is 0.471. The number of nitrogens with zero attached hydrogens (tertiary/aromatic N) is 1. The largest absolute Gasteiger partial charge is 0.416 e. The average molecular weight is 423 g/mol. The van der Waals surface area contributed by atoms with Crippen molar-refractivity contribution in [2.24, 2.45) is 5.73 Å². The van der Waals surface area contributed by atoms with E-state index in [1.165, 1.54) is 6.07 Å². The summed E-state index contributed by atoms with van der Waals surface area (Å²) in [5, 5.41) is 4.92. The van der Waals surface area contributed by atoms with Gasteiger partial charge in [0.2, 0.25) is 5.91 Å². The molecule has 1 aliphatic rings. The SMILES string of the molecule is CC1(C)NC(=O)N(CCCC(=O)Nc2cc(CN)cc(C(F)(F)F)c2)C1=O.Cl. The van der Waals surface area contributed by atoms with Gasteiger partial charge in [-0.15, -0.1) is 12.4 Å². The zero-order chi connectivity index (χ0) is 20.4. The van der Waals surface area contributed by atoms with Gasteiger partial charge < -0.3 is 16.4 Å². The van der Waals surface area contributed by atoms with Crippen LogP contribution in [0.25, 0.3) is 0 Å². The normalized spacial score (nSPS) is 15.9. The van der Waals surface area contributed by atoms with Gasteiger partial charge in [0.1, 0.15) is 5.54 Å². The van der Waals surface area contributed by atoms with Gasteiger partial charge >= 0.3 is 12.2 Å². The van der Waals surface area contributed by atoms with E-state index in [4.69, 9.17) is 5.73 Å². The highest BCUT2D eigenvalue weighted by molar-refractivity contribution is 6.06. The summed E-state index contributed by atoms with van der Waals surface area (Å²) >= 11 is 0. The van der Waals surface area contributed by atoms with Crippen molar-refractivity contribution in [1.82, 2.24) is 10.2 Å². The van der Waals surface area contributed by atoms with Crippen molar-refractivity contribution >= 4 is 35.9 Å². The molecular weight excluding hydrogens is 401 g/mol. The first-order valence-electron chi connectivity index (χ1n) is 8.29. The van der Waals surface area contributed by atoms with Crippen LogP contribution in [0.3, 0.4) is 0 Å². The van der Waals surface area contributed by atoms with E-state index in [0.29, 0.717) is 0 Å². The molecule has 1 aromatic carbocycles. The fourth-order valence-electron chi connectivity index (χ4n) is 2.69. The van der Waals surface area contributed by atoms with E-state index in [2.05, 4.69) is 10.6 Å². The van der Waals surface area contributed by atoms with Crippen molar-refractivity contribution in [2.45, 2.75) is 44.9 Å². The highest BCUT2D eigenvalue weighted by Crippen LogP contribution is 2.32. The Kier molecular flexibility index (Phi) is 7.44. The molecule has 28 heavy (non-hydrogen) atoms. The number of hydrogen-bond donors (Lipinski definition) is 3. The molecule has 2 rings (SSSR count). The predicted molar refractivity (Wildman–Crippen MR) is 98.8 cm³/mol. The van der Waals surface area contributed by atoms with Gasteiger partial charge in [0.05, 0.1) is 5.56 Å². The molecule has 0 radical (unpaired) electrons. The molecule has 4 amide bonds. The van der Waals surface area contributed by atoms with Gasteiger partial charge in [0.15, 0.2) is 0 Å². The summed E-state index contributed by atoms with van der Waals surface area (Å²) in [6.07, 6.45) is -4.43. The molecule has 0 unspecified atom stereocenters. The minimum absolute atomic E-state index is 0. The Bertz CT molecular complexity index is 769. The molecule has 0 aliphatic carbocycles. The van der Waals surface area contributed by atoms with Crippen molar-refractivity contribution < 1.29 is 27.6 Å². The fourth-order valence-corrected chi connectivity index (χ4v) is 2.69. The molecule has 0 aromatic heterocycles.